The van der Waals surface area contributed by atoms with Crippen LogP contribution in [0.2, 0.25) is 0 Å². The maximum Gasteiger partial charge on any atom is 0.258 e. The molecule has 30 heavy (non-hydrogen) atoms. The van der Waals surface area contributed by atoms with Gasteiger partial charge in [0.05, 0.1) is 24.3 Å². The van der Waals surface area contributed by atoms with E-state index in [2.05, 4.69) is 15.3 Å². The first-order valence-corrected chi connectivity index (χ1v) is 9.96. The van der Waals surface area contributed by atoms with Crippen molar-refractivity contribution in [1.29, 1.82) is 0 Å². The van der Waals surface area contributed by atoms with Crippen LogP contribution in [0.15, 0.2) is 35.4 Å². The van der Waals surface area contributed by atoms with Gasteiger partial charge in [-0.3, -0.25) is 18.8 Å². The number of carbonyl (C=O) groups is 2. The largest absolute Gasteiger partial charge is 0.337 e. The third kappa shape index (κ3) is 3.14. The minimum atomic E-state index is -0.208. The van der Waals surface area contributed by atoms with Crippen LogP contribution in [-0.4, -0.2) is 65.6 Å². The minimum absolute atomic E-state index is 0.0388. The van der Waals surface area contributed by atoms with Crippen LogP contribution >= 0.6 is 0 Å². The summed E-state index contributed by atoms with van der Waals surface area (Å²) in [5.41, 5.74) is 1.90. The summed E-state index contributed by atoms with van der Waals surface area (Å²) in [5.74, 6) is -0.00661. The van der Waals surface area contributed by atoms with Crippen LogP contribution in [0.1, 0.15) is 40.6 Å². The van der Waals surface area contributed by atoms with Crippen molar-refractivity contribution in [3.05, 3.63) is 57.9 Å². The molecule has 0 saturated carbocycles. The standard InChI is InChI=1S/C20H21N7O3/c1-13-8-18(29)26-7-2-4-16(19(26)21-13)20(30)25-11-15(12-25)27-10-14(22-23-27)9-24-6-3-5-17(24)28/h2,4,7-8,10,15H,3,5-6,9,11-12H2,1H3. The zero-order valence-corrected chi connectivity index (χ0v) is 16.6. The van der Waals surface area contributed by atoms with Gasteiger partial charge in [0.15, 0.2) is 5.65 Å². The molecular formula is C20H21N7O3. The summed E-state index contributed by atoms with van der Waals surface area (Å²) in [4.78, 5) is 44.8. The average Bonchev–Trinajstić information content (AvgIpc) is 3.30. The molecule has 0 unspecified atom stereocenters. The molecule has 2 fully saturated rings. The molecule has 0 radical (unpaired) electrons. The molecule has 3 aromatic heterocycles. The van der Waals surface area contributed by atoms with E-state index in [-0.39, 0.29) is 23.4 Å². The number of aromatic nitrogens is 5. The van der Waals surface area contributed by atoms with Gasteiger partial charge in [-0.2, -0.15) is 0 Å². The van der Waals surface area contributed by atoms with Crippen molar-refractivity contribution in [3.8, 4) is 0 Å². The van der Waals surface area contributed by atoms with Crippen molar-refractivity contribution in [2.75, 3.05) is 19.6 Å². The molecule has 10 heteroatoms. The quantitative estimate of drug-likeness (QED) is 0.620. The Kier molecular flexibility index (Phi) is 4.34. The van der Waals surface area contributed by atoms with Gasteiger partial charge in [-0.15, -0.1) is 5.10 Å². The Labute approximate surface area is 171 Å². The van der Waals surface area contributed by atoms with Crippen LogP contribution < -0.4 is 5.56 Å². The fourth-order valence-corrected chi connectivity index (χ4v) is 4.00. The molecule has 2 saturated heterocycles. The molecule has 2 amide bonds. The monoisotopic (exact) mass is 407 g/mol. The van der Waals surface area contributed by atoms with Crippen LogP contribution in [-0.2, 0) is 11.3 Å². The van der Waals surface area contributed by atoms with E-state index in [1.165, 1.54) is 10.5 Å². The van der Waals surface area contributed by atoms with E-state index in [1.807, 2.05) is 6.20 Å². The van der Waals surface area contributed by atoms with Crippen molar-refractivity contribution in [3.63, 3.8) is 0 Å². The van der Waals surface area contributed by atoms with Crippen molar-refractivity contribution in [1.82, 2.24) is 34.2 Å². The van der Waals surface area contributed by atoms with Crippen molar-refractivity contribution >= 4 is 17.5 Å². The van der Waals surface area contributed by atoms with Crippen molar-refractivity contribution in [2.45, 2.75) is 32.4 Å². The lowest BCUT2D eigenvalue weighted by atomic mass is 10.1. The Bertz CT molecular complexity index is 1210. The molecule has 2 aliphatic rings. The molecular weight excluding hydrogens is 386 g/mol. The Morgan fingerprint density at radius 2 is 2.10 bits per heavy atom. The second-order valence-corrected chi connectivity index (χ2v) is 7.82. The van der Waals surface area contributed by atoms with E-state index in [9.17, 15) is 14.4 Å². The molecule has 154 valence electrons. The van der Waals surface area contributed by atoms with Gasteiger partial charge in [-0.25, -0.2) is 9.67 Å². The van der Waals surface area contributed by atoms with Gasteiger partial charge in [0.1, 0.15) is 5.69 Å². The second-order valence-electron chi connectivity index (χ2n) is 7.82. The highest BCUT2D eigenvalue weighted by atomic mass is 16.2. The number of fused-ring (bicyclic) bond motifs is 1. The number of hydrogen-bond donors (Lipinski definition) is 0. The summed E-state index contributed by atoms with van der Waals surface area (Å²) in [6, 6.07) is 4.85. The Balaban J connectivity index is 1.28. The highest BCUT2D eigenvalue weighted by molar-refractivity contribution is 6.00. The van der Waals surface area contributed by atoms with Crippen LogP contribution in [0.5, 0.6) is 0 Å². The number of amides is 2. The first-order valence-electron chi connectivity index (χ1n) is 9.96. The van der Waals surface area contributed by atoms with Gasteiger partial charge in [0.2, 0.25) is 5.91 Å². The molecule has 0 spiro atoms. The van der Waals surface area contributed by atoms with Gasteiger partial charge in [-0.1, -0.05) is 5.21 Å². The normalized spacial score (nSPS) is 17.0. The van der Waals surface area contributed by atoms with E-state index in [0.29, 0.717) is 43.0 Å². The minimum Gasteiger partial charge on any atom is -0.337 e. The third-order valence-electron chi connectivity index (χ3n) is 5.66. The summed E-state index contributed by atoms with van der Waals surface area (Å²) in [5, 5.41) is 8.35. The number of carbonyl (C=O) groups excluding carboxylic acids is 2. The summed E-state index contributed by atoms with van der Waals surface area (Å²) in [6.07, 6.45) is 4.95. The summed E-state index contributed by atoms with van der Waals surface area (Å²) >= 11 is 0. The average molecular weight is 407 g/mol. The SMILES string of the molecule is Cc1cc(=O)n2cccc(C(=O)N3CC(n4cc(CN5CCCC5=O)nn4)C3)c2n1. The molecule has 2 aliphatic heterocycles. The lowest BCUT2D eigenvalue weighted by Crippen LogP contribution is -2.51. The molecule has 0 atom stereocenters. The highest BCUT2D eigenvalue weighted by Gasteiger charge is 2.34. The van der Waals surface area contributed by atoms with Gasteiger partial charge in [-0.05, 0) is 25.5 Å². The molecule has 0 bridgehead atoms. The Morgan fingerprint density at radius 1 is 1.27 bits per heavy atom. The number of hydrogen-bond acceptors (Lipinski definition) is 6. The third-order valence-corrected chi connectivity index (χ3v) is 5.66. The van der Waals surface area contributed by atoms with E-state index < -0.39 is 0 Å². The zero-order valence-electron chi connectivity index (χ0n) is 16.6. The van der Waals surface area contributed by atoms with Gasteiger partial charge >= 0.3 is 0 Å². The maximum atomic E-state index is 13.0. The van der Waals surface area contributed by atoms with Crippen molar-refractivity contribution in [2.24, 2.45) is 0 Å². The number of pyridine rings is 1. The predicted molar refractivity (Wildman–Crippen MR) is 106 cm³/mol. The molecule has 3 aromatic rings. The molecule has 0 N–H and O–H groups in total. The number of nitrogens with zero attached hydrogens (tertiary/aromatic N) is 7. The fraction of sp³-hybridized carbons (Fsp3) is 0.400. The second kappa shape index (κ2) is 7.05. The van der Waals surface area contributed by atoms with Crippen LogP contribution in [0.4, 0.5) is 0 Å². The topological polar surface area (TPSA) is 106 Å². The highest BCUT2D eigenvalue weighted by Crippen LogP contribution is 2.24. The number of rotatable bonds is 4. The summed E-state index contributed by atoms with van der Waals surface area (Å²) in [7, 11) is 0. The lowest BCUT2D eigenvalue weighted by molar-refractivity contribution is -0.128. The lowest BCUT2D eigenvalue weighted by Gasteiger charge is -2.38. The zero-order chi connectivity index (χ0) is 20.8. The first kappa shape index (κ1) is 18.5. The first-order chi connectivity index (χ1) is 14.5. The van der Waals surface area contributed by atoms with E-state index in [0.717, 1.165) is 18.7 Å². The Hall–Kier alpha value is -3.56. The van der Waals surface area contributed by atoms with E-state index in [1.54, 1.807) is 39.7 Å². The van der Waals surface area contributed by atoms with E-state index in [4.69, 9.17) is 0 Å². The molecule has 10 nitrogen and oxygen atoms in total. The summed E-state index contributed by atoms with van der Waals surface area (Å²) < 4.78 is 3.15. The molecule has 0 aromatic carbocycles. The van der Waals surface area contributed by atoms with E-state index >= 15 is 0 Å². The summed E-state index contributed by atoms with van der Waals surface area (Å²) in [6.45, 7) is 3.98. The van der Waals surface area contributed by atoms with Crippen LogP contribution in [0.3, 0.4) is 0 Å². The molecule has 5 rings (SSSR count). The van der Waals surface area contributed by atoms with Crippen LogP contribution in [0, 0.1) is 6.92 Å². The smallest absolute Gasteiger partial charge is 0.258 e. The van der Waals surface area contributed by atoms with Gasteiger partial charge in [0.25, 0.3) is 11.5 Å². The fourth-order valence-electron chi connectivity index (χ4n) is 4.00. The predicted octanol–water partition coefficient (Wildman–Crippen LogP) is 0.414. The van der Waals surface area contributed by atoms with Gasteiger partial charge in [0, 0.05) is 44.0 Å². The number of likely N-dealkylation sites (tertiary alicyclic amines) is 2. The van der Waals surface area contributed by atoms with Gasteiger partial charge < -0.3 is 9.80 Å². The Morgan fingerprint density at radius 3 is 2.87 bits per heavy atom. The molecule has 0 aliphatic carbocycles. The van der Waals surface area contributed by atoms with Crippen LogP contribution in [0.25, 0.3) is 5.65 Å². The molecule has 5 heterocycles. The maximum absolute atomic E-state index is 13.0. The van der Waals surface area contributed by atoms with Crippen molar-refractivity contribution < 1.29 is 9.59 Å². The number of aryl methyl sites for hydroxylation is 1.